The zero-order valence-corrected chi connectivity index (χ0v) is 9.99. The number of nitrogens with zero attached hydrogens (tertiary/aromatic N) is 2. The Balaban J connectivity index is 2.41. The van der Waals surface area contributed by atoms with Crippen LogP contribution in [0.5, 0.6) is 0 Å². The molecule has 1 rings (SSSR count). The third-order valence-corrected chi connectivity index (χ3v) is 3.98. The minimum Gasteiger partial charge on any atom is -0.394 e. The molecule has 1 aromatic heterocycles. The molecular formula is C8H15N3OS2. The van der Waals surface area contributed by atoms with Gasteiger partial charge < -0.3 is 10.4 Å². The van der Waals surface area contributed by atoms with E-state index in [1.165, 1.54) is 11.5 Å². The molecule has 80 valence electrons. The predicted molar refractivity (Wildman–Crippen MR) is 59.8 cm³/mol. The summed E-state index contributed by atoms with van der Waals surface area (Å²) in [4.78, 5) is 4.07. The van der Waals surface area contributed by atoms with Crippen molar-refractivity contribution in [1.29, 1.82) is 0 Å². The number of hydrogen-bond acceptors (Lipinski definition) is 6. The number of thioether (sulfide) groups is 1. The van der Waals surface area contributed by atoms with Crippen LogP contribution in [0.15, 0.2) is 10.7 Å². The van der Waals surface area contributed by atoms with Crippen molar-refractivity contribution in [3.05, 3.63) is 6.33 Å². The molecule has 1 heterocycles. The lowest BCUT2D eigenvalue weighted by atomic mass is 10.1. The fourth-order valence-electron chi connectivity index (χ4n) is 1.03. The van der Waals surface area contributed by atoms with Crippen molar-refractivity contribution in [3.63, 3.8) is 0 Å². The maximum absolute atomic E-state index is 9.24. The molecular weight excluding hydrogens is 218 g/mol. The first-order chi connectivity index (χ1) is 6.70. The number of aromatic nitrogens is 2. The molecule has 0 aliphatic rings. The van der Waals surface area contributed by atoms with E-state index in [0.717, 1.165) is 16.6 Å². The van der Waals surface area contributed by atoms with Gasteiger partial charge in [0.25, 0.3) is 0 Å². The molecule has 0 saturated carbocycles. The van der Waals surface area contributed by atoms with Crippen molar-refractivity contribution < 1.29 is 5.11 Å². The Bertz CT molecular complexity index is 255. The van der Waals surface area contributed by atoms with Gasteiger partial charge in [0.15, 0.2) is 4.34 Å². The van der Waals surface area contributed by atoms with Gasteiger partial charge in [-0.05, 0) is 25.0 Å². The van der Waals surface area contributed by atoms with Crippen LogP contribution in [0.4, 0.5) is 0 Å². The van der Waals surface area contributed by atoms with Gasteiger partial charge in [-0.3, -0.25) is 0 Å². The Labute approximate surface area is 92.3 Å². The van der Waals surface area contributed by atoms with Crippen LogP contribution >= 0.6 is 23.3 Å². The van der Waals surface area contributed by atoms with Crippen molar-refractivity contribution in [2.24, 2.45) is 0 Å². The van der Waals surface area contributed by atoms with Crippen molar-refractivity contribution in [1.82, 2.24) is 14.7 Å². The number of likely N-dealkylation sites (N-methyl/N-ethyl adjacent to an activating group) is 1. The SMILES string of the molecule is CCNC(C)(CO)CSc1ncns1. The third-order valence-electron chi connectivity index (χ3n) is 1.81. The lowest BCUT2D eigenvalue weighted by Gasteiger charge is -2.27. The van der Waals surface area contributed by atoms with E-state index in [0.29, 0.717) is 0 Å². The summed E-state index contributed by atoms with van der Waals surface area (Å²) in [5.41, 5.74) is -0.231. The van der Waals surface area contributed by atoms with Crippen molar-refractivity contribution >= 4 is 23.3 Å². The molecule has 0 aromatic carbocycles. The van der Waals surface area contributed by atoms with E-state index < -0.39 is 0 Å². The molecule has 0 fully saturated rings. The molecule has 0 radical (unpaired) electrons. The summed E-state index contributed by atoms with van der Waals surface area (Å²) in [6.45, 7) is 5.02. The Morgan fingerprint density at radius 1 is 1.71 bits per heavy atom. The number of aliphatic hydroxyl groups is 1. The van der Waals surface area contributed by atoms with Crippen molar-refractivity contribution in [2.75, 3.05) is 18.9 Å². The molecule has 0 spiro atoms. The van der Waals surface area contributed by atoms with Crippen LogP contribution in [0.25, 0.3) is 0 Å². The number of rotatable bonds is 6. The summed E-state index contributed by atoms with van der Waals surface area (Å²) in [5, 5.41) is 12.5. The van der Waals surface area contributed by atoms with Gasteiger partial charge in [-0.25, -0.2) is 4.98 Å². The van der Waals surface area contributed by atoms with Crippen LogP contribution in [0.3, 0.4) is 0 Å². The van der Waals surface area contributed by atoms with Gasteiger partial charge in [-0.15, -0.1) is 0 Å². The lowest BCUT2D eigenvalue weighted by Crippen LogP contribution is -2.47. The van der Waals surface area contributed by atoms with Crippen molar-refractivity contribution in [3.8, 4) is 0 Å². The van der Waals surface area contributed by atoms with Crippen LogP contribution in [-0.4, -0.2) is 38.9 Å². The first-order valence-corrected chi connectivity index (χ1v) is 6.21. The molecule has 0 bridgehead atoms. The zero-order chi connectivity index (χ0) is 10.4. The molecule has 1 atom stereocenters. The summed E-state index contributed by atoms with van der Waals surface area (Å²) in [6, 6.07) is 0. The number of nitrogens with one attached hydrogen (secondary N) is 1. The largest absolute Gasteiger partial charge is 0.394 e. The van der Waals surface area contributed by atoms with E-state index in [4.69, 9.17) is 0 Å². The molecule has 1 aromatic rings. The summed E-state index contributed by atoms with van der Waals surface area (Å²) in [5.74, 6) is 0.798. The fraction of sp³-hybridized carbons (Fsp3) is 0.750. The smallest absolute Gasteiger partial charge is 0.169 e. The maximum Gasteiger partial charge on any atom is 0.169 e. The molecule has 4 nitrogen and oxygen atoms in total. The second kappa shape index (κ2) is 5.65. The van der Waals surface area contributed by atoms with E-state index in [9.17, 15) is 5.11 Å². The Kier molecular flexibility index (Phi) is 4.80. The van der Waals surface area contributed by atoms with E-state index >= 15 is 0 Å². The summed E-state index contributed by atoms with van der Waals surface area (Å²) in [7, 11) is 0. The monoisotopic (exact) mass is 233 g/mol. The zero-order valence-electron chi connectivity index (χ0n) is 8.36. The minimum absolute atomic E-state index is 0.132. The highest BCUT2D eigenvalue weighted by Gasteiger charge is 2.22. The molecule has 0 aliphatic carbocycles. The summed E-state index contributed by atoms with van der Waals surface area (Å²) in [6.07, 6.45) is 1.55. The molecule has 2 N–H and O–H groups in total. The molecule has 0 saturated heterocycles. The fourth-order valence-corrected chi connectivity index (χ4v) is 2.58. The van der Waals surface area contributed by atoms with Gasteiger partial charge in [-0.2, -0.15) is 4.37 Å². The Morgan fingerprint density at radius 2 is 2.50 bits per heavy atom. The second-order valence-corrected chi connectivity index (χ2v) is 5.25. The van der Waals surface area contributed by atoms with Crippen LogP contribution < -0.4 is 5.32 Å². The Hall–Kier alpha value is -0.170. The quantitative estimate of drug-likeness (QED) is 0.718. The van der Waals surface area contributed by atoms with E-state index in [1.807, 2.05) is 13.8 Å². The van der Waals surface area contributed by atoms with E-state index in [1.54, 1.807) is 18.1 Å². The highest BCUT2D eigenvalue weighted by molar-refractivity contribution is 8.01. The standard InChI is InChI=1S/C8H15N3OS2/c1-3-10-8(2,4-12)5-13-7-9-6-11-14-7/h6,10,12H,3-5H2,1-2H3. The average molecular weight is 233 g/mol. The topological polar surface area (TPSA) is 58.0 Å². The highest BCUT2D eigenvalue weighted by Crippen LogP contribution is 2.22. The van der Waals surface area contributed by atoms with E-state index in [-0.39, 0.29) is 12.1 Å². The van der Waals surface area contributed by atoms with Gasteiger partial charge >= 0.3 is 0 Å². The molecule has 1 unspecified atom stereocenters. The predicted octanol–water partition coefficient (Wildman–Crippen LogP) is 0.991. The Morgan fingerprint density at radius 3 is 3.00 bits per heavy atom. The molecule has 14 heavy (non-hydrogen) atoms. The molecule has 0 amide bonds. The highest BCUT2D eigenvalue weighted by atomic mass is 32.2. The lowest BCUT2D eigenvalue weighted by molar-refractivity contribution is 0.194. The first kappa shape index (κ1) is 11.9. The van der Waals surface area contributed by atoms with E-state index in [2.05, 4.69) is 14.7 Å². The average Bonchev–Trinajstić information content (AvgIpc) is 2.68. The van der Waals surface area contributed by atoms with Gasteiger partial charge in [0, 0.05) is 11.3 Å². The van der Waals surface area contributed by atoms with Crippen molar-refractivity contribution in [2.45, 2.75) is 23.7 Å². The second-order valence-electron chi connectivity index (χ2n) is 3.24. The van der Waals surface area contributed by atoms with Gasteiger partial charge in [0.2, 0.25) is 0 Å². The summed E-state index contributed by atoms with van der Waals surface area (Å²) >= 11 is 3.01. The van der Waals surface area contributed by atoms with Gasteiger partial charge in [-0.1, -0.05) is 18.7 Å². The third kappa shape index (κ3) is 3.53. The van der Waals surface area contributed by atoms with Crippen LogP contribution in [0.1, 0.15) is 13.8 Å². The maximum atomic E-state index is 9.24. The van der Waals surface area contributed by atoms with Crippen LogP contribution in [0, 0.1) is 0 Å². The minimum atomic E-state index is -0.231. The molecule has 6 heteroatoms. The summed E-state index contributed by atoms with van der Waals surface area (Å²) < 4.78 is 4.87. The van der Waals surface area contributed by atoms with Crippen LogP contribution in [-0.2, 0) is 0 Å². The molecule has 0 aliphatic heterocycles. The van der Waals surface area contributed by atoms with Crippen LogP contribution in [0.2, 0.25) is 0 Å². The van der Waals surface area contributed by atoms with Gasteiger partial charge in [0.05, 0.1) is 6.61 Å². The van der Waals surface area contributed by atoms with Gasteiger partial charge in [0.1, 0.15) is 6.33 Å². The normalized spacial score (nSPS) is 15.4. The first-order valence-electron chi connectivity index (χ1n) is 4.45. The number of hydrogen-bond donors (Lipinski definition) is 2. The number of aliphatic hydroxyl groups excluding tert-OH is 1.